The Balaban J connectivity index is 1.57. The lowest BCUT2D eigenvalue weighted by atomic mass is 9.86. The van der Waals surface area contributed by atoms with Crippen LogP contribution in [0.1, 0.15) is 39.2 Å². The summed E-state index contributed by atoms with van der Waals surface area (Å²) < 4.78 is 27.5. The molecule has 0 radical (unpaired) electrons. The van der Waals surface area contributed by atoms with E-state index >= 15 is 0 Å². The van der Waals surface area contributed by atoms with E-state index in [0.29, 0.717) is 37.4 Å². The Morgan fingerprint density at radius 1 is 1.03 bits per heavy atom. The van der Waals surface area contributed by atoms with Crippen LogP contribution in [0.25, 0.3) is 0 Å². The highest BCUT2D eigenvalue weighted by Crippen LogP contribution is 2.43. The average Bonchev–Trinajstić information content (AvgIpc) is 3.37. The van der Waals surface area contributed by atoms with E-state index in [9.17, 15) is 18.0 Å². The fourth-order valence-electron chi connectivity index (χ4n) is 4.76. The highest BCUT2D eigenvalue weighted by molar-refractivity contribution is 7.89. The Hall–Kier alpha value is -1.97. The third-order valence-corrected chi connectivity index (χ3v) is 8.78. The van der Waals surface area contributed by atoms with Crippen molar-refractivity contribution in [3.63, 3.8) is 0 Å². The number of amides is 2. The molecule has 3 aliphatic rings. The summed E-state index contributed by atoms with van der Waals surface area (Å²) in [6.45, 7) is 10.7. The van der Waals surface area contributed by atoms with Gasteiger partial charge in [-0.3, -0.25) is 9.59 Å². The molecule has 0 saturated carbocycles. The smallest absolute Gasteiger partial charge is 0.243 e. The minimum atomic E-state index is -3.57. The Morgan fingerprint density at radius 2 is 1.68 bits per heavy atom. The van der Waals surface area contributed by atoms with E-state index in [1.165, 1.54) is 9.21 Å². The van der Waals surface area contributed by atoms with Crippen molar-refractivity contribution in [1.29, 1.82) is 0 Å². The van der Waals surface area contributed by atoms with Gasteiger partial charge in [-0.25, -0.2) is 8.42 Å². The summed E-state index contributed by atoms with van der Waals surface area (Å²) in [6, 6.07) is 4.89. The quantitative estimate of drug-likeness (QED) is 0.678. The molecule has 0 N–H and O–H groups in total. The van der Waals surface area contributed by atoms with Crippen molar-refractivity contribution in [3.8, 4) is 0 Å². The fourth-order valence-corrected chi connectivity index (χ4v) is 6.30. The summed E-state index contributed by atoms with van der Waals surface area (Å²) in [6.07, 6.45) is 1.74. The molecule has 1 aromatic rings. The third kappa shape index (κ3) is 3.87. The standard InChI is InChI=1S/C22H32N4O4S/c1-4-23-11-13-24(14-12-23)20(27)16-26-19-8-7-17(15-18(19)22(2,3)21(26)28)31(29,30)25-9-5-6-10-25/h7-8,15H,4-6,9-14,16H2,1-3H3. The van der Waals surface area contributed by atoms with Crippen LogP contribution in [0.3, 0.4) is 0 Å². The molecule has 3 heterocycles. The fraction of sp³-hybridized carbons (Fsp3) is 0.636. The van der Waals surface area contributed by atoms with Crippen LogP contribution in [-0.4, -0.2) is 86.7 Å². The molecular formula is C22H32N4O4S. The van der Waals surface area contributed by atoms with Gasteiger partial charge >= 0.3 is 0 Å². The van der Waals surface area contributed by atoms with E-state index in [1.54, 1.807) is 32.0 Å². The summed E-state index contributed by atoms with van der Waals surface area (Å²) in [4.78, 5) is 32.0. The van der Waals surface area contributed by atoms with Gasteiger partial charge in [-0.15, -0.1) is 0 Å². The second-order valence-corrected chi connectivity index (χ2v) is 11.1. The number of nitrogens with zero attached hydrogens (tertiary/aromatic N) is 4. The van der Waals surface area contributed by atoms with Crippen molar-refractivity contribution in [2.75, 3.05) is 57.3 Å². The van der Waals surface area contributed by atoms with Gasteiger partial charge < -0.3 is 14.7 Å². The molecule has 0 aliphatic carbocycles. The van der Waals surface area contributed by atoms with Crippen LogP contribution >= 0.6 is 0 Å². The van der Waals surface area contributed by atoms with Gasteiger partial charge in [0.25, 0.3) is 0 Å². The molecule has 9 heteroatoms. The molecule has 0 spiro atoms. The van der Waals surface area contributed by atoms with Gasteiger partial charge in [-0.1, -0.05) is 6.92 Å². The van der Waals surface area contributed by atoms with Crippen LogP contribution in [0.15, 0.2) is 23.1 Å². The minimum Gasteiger partial charge on any atom is -0.339 e. The zero-order valence-electron chi connectivity index (χ0n) is 18.6. The Bertz CT molecular complexity index is 977. The summed E-state index contributed by atoms with van der Waals surface area (Å²) in [5.74, 6) is -0.236. The number of anilines is 1. The van der Waals surface area contributed by atoms with Gasteiger partial charge in [0.15, 0.2) is 0 Å². The van der Waals surface area contributed by atoms with Gasteiger partial charge in [0.05, 0.1) is 10.3 Å². The average molecular weight is 449 g/mol. The van der Waals surface area contributed by atoms with Gasteiger partial charge in [-0.2, -0.15) is 4.31 Å². The molecule has 170 valence electrons. The van der Waals surface area contributed by atoms with Crippen LogP contribution in [0.4, 0.5) is 5.69 Å². The van der Waals surface area contributed by atoms with E-state index in [0.717, 1.165) is 32.5 Å². The second-order valence-electron chi connectivity index (χ2n) is 9.12. The van der Waals surface area contributed by atoms with Crippen molar-refractivity contribution in [2.45, 2.75) is 43.9 Å². The van der Waals surface area contributed by atoms with E-state index in [1.807, 2.05) is 4.90 Å². The minimum absolute atomic E-state index is 0.0143. The Kier molecular flexibility index (Phi) is 5.87. The number of piperazine rings is 1. The topological polar surface area (TPSA) is 81.2 Å². The van der Waals surface area contributed by atoms with Crippen LogP contribution in [0.5, 0.6) is 0 Å². The number of hydrogen-bond donors (Lipinski definition) is 0. The first-order valence-electron chi connectivity index (χ1n) is 11.1. The highest BCUT2D eigenvalue weighted by Gasteiger charge is 2.45. The van der Waals surface area contributed by atoms with Crippen LogP contribution in [0.2, 0.25) is 0 Å². The largest absolute Gasteiger partial charge is 0.339 e. The summed E-state index contributed by atoms with van der Waals surface area (Å²) in [7, 11) is -3.57. The number of carbonyl (C=O) groups excluding carboxylic acids is 2. The monoisotopic (exact) mass is 448 g/mol. The molecule has 0 unspecified atom stereocenters. The molecule has 0 bridgehead atoms. The second kappa shape index (κ2) is 8.18. The zero-order valence-corrected chi connectivity index (χ0v) is 19.4. The first kappa shape index (κ1) is 22.2. The number of rotatable bonds is 5. The number of carbonyl (C=O) groups is 2. The van der Waals surface area contributed by atoms with Gasteiger partial charge in [0.1, 0.15) is 6.54 Å². The summed E-state index contributed by atoms with van der Waals surface area (Å²) in [5.41, 5.74) is 0.421. The number of likely N-dealkylation sites (N-methyl/N-ethyl adjacent to an activating group) is 1. The lowest BCUT2D eigenvalue weighted by Crippen LogP contribution is -2.52. The number of hydrogen-bond acceptors (Lipinski definition) is 5. The molecule has 2 fully saturated rings. The lowest BCUT2D eigenvalue weighted by Gasteiger charge is -2.35. The molecule has 3 aliphatic heterocycles. The molecule has 2 amide bonds. The number of sulfonamides is 1. The third-order valence-electron chi connectivity index (χ3n) is 6.88. The molecule has 1 aromatic carbocycles. The van der Waals surface area contributed by atoms with Crippen LogP contribution in [0, 0.1) is 0 Å². The van der Waals surface area contributed by atoms with E-state index < -0.39 is 15.4 Å². The number of fused-ring (bicyclic) bond motifs is 1. The first-order valence-corrected chi connectivity index (χ1v) is 12.6. The van der Waals surface area contributed by atoms with Crippen LogP contribution in [-0.2, 0) is 25.0 Å². The predicted molar refractivity (Wildman–Crippen MR) is 119 cm³/mol. The van der Waals surface area contributed by atoms with Crippen molar-refractivity contribution in [3.05, 3.63) is 23.8 Å². The molecule has 0 atom stereocenters. The Morgan fingerprint density at radius 3 is 2.29 bits per heavy atom. The zero-order chi connectivity index (χ0) is 22.4. The van der Waals surface area contributed by atoms with Crippen molar-refractivity contribution in [1.82, 2.24) is 14.1 Å². The summed E-state index contributed by atoms with van der Waals surface area (Å²) in [5, 5.41) is 0. The maximum absolute atomic E-state index is 13.2. The molecule has 31 heavy (non-hydrogen) atoms. The predicted octanol–water partition coefficient (Wildman–Crippen LogP) is 1.26. The normalized spacial score (nSPS) is 22.2. The molecule has 8 nitrogen and oxygen atoms in total. The summed E-state index contributed by atoms with van der Waals surface area (Å²) >= 11 is 0. The molecule has 0 aromatic heterocycles. The first-order chi connectivity index (χ1) is 14.7. The maximum Gasteiger partial charge on any atom is 0.243 e. The Labute approximate surface area is 184 Å². The van der Waals surface area contributed by atoms with E-state index in [4.69, 9.17) is 0 Å². The van der Waals surface area contributed by atoms with Crippen molar-refractivity contribution >= 4 is 27.5 Å². The molecule has 2 saturated heterocycles. The number of benzene rings is 1. The molecular weight excluding hydrogens is 416 g/mol. The van der Waals surface area contributed by atoms with E-state index in [-0.39, 0.29) is 23.3 Å². The van der Waals surface area contributed by atoms with Gasteiger partial charge in [0, 0.05) is 45.0 Å². The van der Waals surface area contributed by atoms with Crippen molar-refractivity contribution in [2.24, 2.45) is 0 Å². The van der Waals surface area contributed by atoms with Crippen LogP contribution < -0.4 is 4.90 Å². The van der Waals surface area contributed by atoms with Gasteiger partial charge in [0.2, 0.25) is 21.8 Å². The highest BCUT2D eigenvalue weighted by atomic mass is 32.2. The van der Waals surface area contributed by atoms with Crippen molar-refractivity contribution < 1.29 is 18.0 Å². The van der Waals surface area contributed by atoms with Gasteiger partial charge in [-0.05, 0) is 57.0 Å². The SMILES string of the molecule is CCN1CCN(C(=O)CN2C(=O)C(C)(C)c3cc(S(=O)(=O)N4CCCC4)ccc32)CC1. The maximum atomic E-state index is 13.2. The lowest BCUT2D eigenvalue weighted by molar-refractivity contribution is -0.133. The molecule has 4 rings (SSSR count). The van der Waals surface area contributed by atoms with E-state index in [2.05, 4.69) is 11.8 Å².